The van der Waals surface area contributed by atoms with Gasteiger partial charge < -0.3 is 13.3 Å². The van der Waals surface area contributed by atoms with Crippen LogP contribution in [-0.2, 0) is 18.1 Å². The van der Waals surface area contributed by atoms with Gasteiger partial charge in [-0.15, -0.1) is 0 Å². The maximum atomic E-state index is 12.5. The van der Waals surface area contributed by atoms with Crippen molar-refractivity contribution in [3.05, 3.63) is 30.3 Å². The summed E-state index contributed by atoms with van der Waals surface area (Å²) in [7, 11) is 1.79. The number of rotatable bonds is 6. The van der Waals surface area contributed by atoms with E-state index in [4.69, 9.17) is 13.3 Å². The van der Waals surface area contributed by atoms with E-state index < -0.39 is 8.80 Å². The molecule has 1 fully saturated rings. The Bertz CT molecular complexity index is 473. The Hall–Kier alpha value is -1.41. The minimum Gasteiger partial charge on any atom is -0.376 e. The van der Waals surface area contributed by atoms with Gasteiger partial charge in [0.1, 0.15) is 6.17 Å². The van der Waals surface area contributed by atoms with Gasteiger partial charge in [-0.3, -0.25) is 9.80 Å². The van der Waals surface area contributed by atoms with Gasteiger partial charge in [0, 0.05) is 21.3 Å². The van der Waals surface area contributed by atoms with Gasteiger partial charge in [0.05, 0.1) is 18.2 Å². The van der Waals surface area contributed by atoms with E-state index in [0.717, 1.165) is 5.69 Å². The lowest BCUT2D eigenvalue weighted by molar-refractivity contribution is -0.130. The Balaban J connectivity index is 2.27. The third kappa shape index (κ3) is 3.10. The lowest BCUT2D eigenvalue weighted by atomic mass is 10.2. The van der Waals surface area contributed by atoms with E-state index in [0.29, 0.717) is 12.7 Å². The van der Waals surface area contributed by atoms with Gasteiger partial charge in [-0.05, 0) is 12.1 Å². The molecule has 1 aliphatic heterocycles. The first-order valence-corrected chi connectivity index (χ1v) is 8.79. The Morgan fingerprint density at radius 1 is 1.14 bits per heavy atom. The molecule has 2 rings (SSSR count). The molecule has 1 aliphatic rings. The molecule has 1 aromatic carbocycles. The lowest BCUT2D eigenvalue weighted by Gasteiger charge is -2.34. The van der Waals surface area contributed by atoms with Crippen LogP contribution in [-0.4, -0.2) is 53.8 Å². The zero-order chi connectivity index (χ0) is 15.5. The lowest BCUT2D eigenvalue weighted by Crippen LogP contribution is -2.57. The third-order valence-electron chi connectivity index (χ3n) is 3.74. The quantitative estimate of drug-likeness (QED) is 0.742. The fourth-order valence-electron chi connectivity index (χ4n) is 2.44. The Morgan fingerprint density at radius 2 is 1.71 bits per heavy atom. The number of hydrogen-bond acceptors (Lipinski definition) is 5. The highest BCUT2D eigenvalue weighted by Crippen LogP contribution is 2.27. The standard InChI is InChI=1S/C14H22N2O4Si/c1-12-10-15(13-8-6-5-7-9-13)16(14(12)17)11-21(18-2,19-3)20-4/h5-9,12H,10-11H2,1-4H3. The van der Waals surface area contributed by atoms with Gasteiger partial charge >= 0.3 is 8.80 Å². The number of benzene rings is 1. The number of carbonyl (C=O) groups excluding carboxylic acids is 1. The van der Waals surface area contributed by atoms with Gasteiger partial charge in [-0.25, -0.2) is 5.01 Å². The number of para-hydroxylation sites is 1. The topological polar surface area (TPSA) is 51.2 Å². The largest absolute Gasteiger partial charge is 0.522 e. The highest BCUT2D eigenvalue weighted by atomic mass is 28.4. The van der Waals surface area contributed by atoms with E-state index in [9.17, 15) is 4.79 Å². The number of carbonyl (C=O) groups is 1. The molecule has 0 N–H and O–H groups in total. The van der Waals surface area contributed by atoms with E-state index in [1.54, 1.807) is 26.3 Å². The van der Waals surface area contributed by atoms with Crippen molar-refractivity contribution in [2.45, 2.75) is 6.92 Å². The molecule has 0 aliphatic carbocycles. The molecule has 1 unspecified atom stereocenters. The molecule has 0 bridgehead atoms. The maximum absolute atomic E-state index is 12.5. The summed E-state index contributed by atoms with van der Waals surface area (Å²) in [5.74, 6) is -0.00986. The second kappa shape index (κ2) is 6.57. The first-order chi connectivity index (χ1) is 10.1. The molecule has 1 amide bonds. The predicted molar refractivity (Wildman–Crippen MR) is 81.4 cm³/mol. The summed E-state index contributed by atoms with van der Waals surface area (Å²) in [4.78, 5) is 12.5. The van der Waals surface area contributed by atoms with Crippen LogP contribution in [0.3, 0.4) is 0 Å². The number of anilines is 1. The van der Waals surface area contributed by atoms with Crippen LogP contribution in [0.1, 0.15) is 6.92 Å². The fraction of sp³-hybridized carbons (Fsp3) is 0.500. The van der Waals surface area contributed by atoms with Crippen molar-refractivity contribution >= 4 is 20.4 Å². The zero-order valence-electron chi connectivity index (χ0n) is 12.9. The molecular formula is C14H22N2O4Si. The molecule has 0 radical (unpaired) electrons. The normalized spacial score (nSPS) is 19.4. The van der Waals surface area contributed by atoms with Crippen LogP contribution in [0.4, 0.5) is 5.69 Å². The van der Waals surface area contributed by atoms with Crippen molar-refractivity contribution in [2.75, 3.05) is 39.1 Å². The van der Waals surface area contributed by atoms with Crippen LogP contribution in [0.2, 0.25) is 0 Å². The SMILES string of the molecule is CO[Si](CN1C(=O)C(C)CN1c1ccccc1)(OC)OC. The summed E-state index contributed by atoms with van der Waals surface area (Å²) in [5.41, 5.74) is 0.974. The van der Waals surface area contributed by atoms with Crippen LogP contribution in [0.25, 0.3) is 0 Å². The first kappa shape index (κ1) is 16.0. The average molecular weight is 310 g/mol. The van der Waals surface area contributed by atoms with Crippen LogP contribution in [0.15, 0.2) is 30.3 Å². The number of hydrazine groups is 1. The van der Waals surface area contributed by atoms with Crippen molar-refractivity contribution in [1.29, 1.82) is 0 Å². The molecule has 0 saturated carbocycles. The van der Waals surface area contributed by atoms with Crippen molar-refractivity contribution in [2.24, 2.45) is 5.92 Å². The van der Waals surface area contributed by atoms with E-state index in [-0.39, 0.29) is 11.8 Å². The summed E-state index contributed by atoms with van der Waals surface area (Å²) in [6, 6.07) is 9.82. The molecule has 1 aromatic rings. The number of nitrogens with zero attached hydrogens (tertiary/aromatic N) is 2. The molecule has 1 heterocycles. The first-order valence-electron chi connectivity index (χ1n) is 6.86. The van der Waals surface area contributed by atoms with E-state index in [1.807, 2.05) is 42.3 Å². The monoisotopic (exact) mass is 310 g/mol. The fourth-order valence-corrected chi connectivity index (χ4v) is 4.03. The van der Waals surface area contributed by atoms with E-state index >= 15 is 0 Å². The summed E-state index contributed by atoms with van der Waals surface area (Å²) < 4.78 is 16.3. The van der Waals surface area contributed by atoms with E-state index in [2.05, 4.69) is 0 Å². The van der Waals surface area contributed by atoms with Gasteiger partial charge in [0.25, 0.3) is 0 Å². The van der Waals surface area contributed by atoms with Crippen molar-refractivity contribution in [1.82, 2.24) is 5.01 Å². The molecule has 1 atom stereocenters. The minimum absolute atomic E-state index is 0.0573. The maximum Gasteiger partial charge on any atom is 0.522 e. The molecule has 1 saturated heterocycles. The van der Waals surface area contributed by atoms with Crippen LogP contribution < -0.4 is 5.01 Å². The minimum atomic E-state index is -2.87. The number of amides is 1. The molecule has 7 heteroatoms. The summed E-state index contributed by atoms with van der Waals surface area (Å²) in [5, 5.41) is 3.65. The highest BCUT2D eigenvalue weighted by molar-refractivity contribution is 6.61. The van der Waals surface area contributed by atoms with E-state index in [1.165, 1.54) is 0 Å². The molecule has 0 spiro atoms. The van der Waals surface area contributed by atoms with Gasteiger partial charge in [0.2, 0.25) is 5.91 Å². The van der Waals surface area contributed by atoms with Crippen LogP contribution in [0.5, 0.6) is 0 Å². The predicted octanol–water partition coefficient (Wildman–Crippen LogP) is 1.30. The Labute approximate surface area is 126 Å². The second-order valence-corrected chi connectivity index (χ2v) is 7.92. The van der Waals surface area contributed by atoms with Crippen molar-refractivity contribution in [3.8, 4) is 0 Å². The zero-order valence-corrected chi connectivity index (χ0v) is 13.9. The molecule has 0 aromatic heterocycles. The summed E-state index contributed by atoms with van der Waals surface area (Å²) in [6.07, 6.45) is 0.300. The molecule has 21 heavy (non-hydrogen) atoms. The van der Waals surface area contributed by atoms with Crippen LogP contribution >= 0.6 is 0 Å². The summed E-state index contributed by atoms with van der Waals surface area (Å²) >= 11 is 0. The van der Waals surface area contributed by atoms with Gasteiger partial charge in [0.15, 0.2) is 0 Å². The number of hydrogen-bond donors (Lipinski definition) is 0. The Kier molecular flexibility index (Phi) is 4.99. The molecule has 6 nitrogen and oxygen atoms in total. The summed E-state index contributed by atoms with van der Waals surface area (Å²) in [6.45, 7) is 2.57. The van der Waals surface area contributed by atoms with Crippen molar-refractivity contribution < 1.29 is 18.1 Å². The van der Waals surface area contributed by atoms with Crippen LogP contribution in [0, 0.1) is 5.92 Å². The third-order valence-corrected chi connectivity index (χ3v) is 6.30. The van der Waals surface area contributed by atoms with Gasteiger partial charge in [-0.1, -0.05) is 25.1 Å². The highest BCUT2D eigenvalue weighted by Gasteiger charge is 2.47. The Morgan fingerprint density at radius 3 is 2.24 bits per heavy atom. The molecular weight excluding hydrogens is 288 g/mol. The second-order valence-electron chi connectivity index (χ2n) is 5.01. The van der Waals surface area contributed by atoms with Crippen molar-refractivity contribution in [3.63, 3.8) is 0 Å². The smallest absolute Gasteiger partial charge is 0.376 e. The molecule has 116 valence electrons. The van der Waals surface area contributed by atoms with Gasteiger partial charge in [-0.2, -0.15) is 0 Å². The average Bonchev–Trinajstić information content (AvgIpc) is 2.81.